The molecule has 2 N–H and O–H groups in total. The molecule has 5 nitrogen and oxygen atoms in total. The Hall–Kier alpha value is -2.43. The minimum Gasteiger partial charge on any atom is -0.333 e. The van der Waals surface area contributed by atoms with E-state index in [0.717, 1.165) is 32.3 Å². The number of aryl methyl sites for hydroxylation is 1. The van der Waals surface area contributed by atoms with Gasteiger partial charge in [0.05, 0.1) is 34.3 Å². The van der Waals surface area contributed by atoms with E-state index in [4.69, 9.17) is 5.26 Å². The quantitative estimate of drug-likeness (QED) is 0.637. The smallest absolute Gasteiger partial charge is 0.234 e. The zero-order valence-electron chi connectivity index (χ0n) is 13.6. The molecule has 0 saturated heterocycles. The summed E-state index contributed by atoms with van der Waals surface area (Å²) in [6, 6.07) is 15.6. The predicted molar refractivity (Wildman–Crippen MR) is 103 cm³/mol. The number of imidazole rings is 1. The maximum atomic E-state index is 12.2. The number of nitrogens with zero attached hydrogens (tertiary/aromatic N) is 2. The average molecular weight is 368 g/mol. The van der Waals surface area contributed by atoms with E-state index >= 15 is 0 Å². The van der Waals surface area contributed by atoms with E-state index in [1.807, 2.05) is 49.4 Å². The molecule has 0 radical (unpaired) electrons. The predicted octanol–water partition coefficient (Wildman–Crippen LogP) is 4.22. The molecule has 0 bridgehead atoms. The van der Waals surface area contributed by atoms with Gasteiger partial charge in [-0.05, 0) is 36.8 Å². The fourth-order valence-corrected chi connectivity index (χ4v) is 3.65. The molecule has 0 aliphatic carbocycles. The van der Waals surface area contributed by atoms with Crippen LogP contribution in [0.4, 0.5) is 5.69 Å². The SMILES string of the molecule is Cc1ccc2nc(SCC(=O)Nc3ccccc3SCC#N)[nH]c2c1. The number of thioether (sulfide) groups is 2. The van der Waals surface area contributed by atoms with Gasteiger partial charge in [-0.15, -0.1) is 11.8 Å². The second kappa shape index (κ2) is 8.10. The van der Waals surface area contributed by atoms with Crippen LogP contribution in [0.2, 0.25) is 0 Å². The van der Waals surface area contributed by atoms with Gasteiger partial charge < -0.3 is 10.3 Å². The van der Waals surface area contributed by atoms with E-state index in [0.29, 0.717) is 5.75 Å². The van der Waals surface area contributed by atoms with Crippen LogP contribution in [-0.4, -0.2) is 27.4 Å². The van der Waals surface area contributed by atoms with Crippen molar-refractivity contribution in [3.8, 4) is 6.07 Å². The summed E-state index contributed by atoms with van der Waals surface area (Å²) < 4.78 is 0. The normalized spacial score (nSPS) is 10.6. The molecule has 7 heteroatoms. The second-order valence-corrected chi connectivity index (χ2v) is 7.32. The molecule has 1 aromatic heterocycles. The van der Waals surface area contributed by atoms with Gasteiger partial charge in [-0.25, -0.2) is 4.98 Å². The summed E-state index contributed by atoms with van der Waals surface area (Å²) in [7, 11) is 0. The van der Waals surface area contributed by atoms with Gasteiger partial charge in [0, 0.05) is 4.90 Å². The first kappa shape index (κ1) is 17.4. The maximum Gasteiger partial charge on any atom is 0.234 e. The Labute approximate surface area is 154 Å². The summed E-state index contributed by atoms with van der Waals surface area (Å²) >= 11 is 2.77. The molecular weight excluding hydrogens is 352 g/mol. The fraction of sp³-hybridized carbons (Fsp3) is 0.167. The van der Waals surface area contributed by atoms with Gasteiger partial charge in [-0.2, -0.15) is 5.26 Å². The van der Waals surface area contributed by atoms with Crippen LogP contribution in [0, 0.1) is 18.3 Å². The number of carbonyl (C=O) groups is 1. The number of hydrogen-bond acceptors (Lipinski definition) is 5. The van der Waals surface area contributed by atoms with Crippen molar-refractivity contribution in [1.82, 2.24) is 9.97 Å². The maximum absolute atomic E-state index is 12.2. The summed E-state index contributed by atoms with van der Waals surface area (Å²) in [5, 5.41) is 12.3. The molecule has 0 atom stereocenters. The molecule has 0 spiro atoms. The lowest BCUT2D eigenvalue weighted by molar-refractivity contribution is -0.113. The van der Waals surface area contributed by atoms with Crippen LogP contribution in [0.25, 0.3) is 11.0 Å². The average Bonchev–Trinajstić information content (AvgIpc) is 3.01. The molecule has 0 unspecified atom stereocenters. The number of carbonyl (C=O) groups excluding carboxylic acids is 1. The molecule has 0 fully saturated rings. The molecule has 1 heterocycles. The Bertz CT molecular complexity index is 946. The summed E-state index contributed by atoms with van der Waals surface area (Å²) in [6.07, 6.45) is 0. The van der Waals surface area contributed by atoms with Gasteiger partial charge in [0.25, 0.3) is 0 Å². The van der Waals surface area contributed by atoms with Crippen LogP contribution in [0.3, 0.4) is 0 Å². The van der Waals surface area contributed by atoms with Crippen molar-refractivity contribution in [2.45, 2.75) is 17.0 Å². The van der Waals surface area contributed by atoms with E-state index in [-0.39, 0.29) is 11.7 Å². The van der Waals surface area contributed by atoms with Crippen LogP contribution in [0.1, 0.15) is 5.56 Å². The van der Waals surface area contributed by atoms with E-state index in [2.05, 4.69) is 21.4 Å². The first-order valence-electron chi connectivity index (χ1n) is 7.63. The van der Waals surface area contributed by atoms with Gasteiger partial charge in [0.1, 0.15) is 0 Å². The number of benzene rings is 2. The minimum absolute atomic E-state index is 0.105. The number of nitrogens with one attached hydrogen (secondary N) is 2. The molecule has 0 aliphatic rings. The van der Waals surface area contributed by atoms with Crippen molar-refractivity contribution in [2.75, 3.05) is 16.8 Å². The van der Waals surface area contributed by atoms with Gasteiger partial charge in [0.15, 0.2) is 5.16 Å². The summed E-state index contributed by atoms with van der Waals surface area (Å²) in [5.41, 5.74) is 3.76. The van der Waals surface area contributed by atoms with Crippen molar-refractivity contribution < 1.29 is 4.79 Å². The number of fused-ring (bicyclic) bond motifs is 1. The van der Waals surface area contributed by atoms with Crippen LogP contribution in [0.15, 0.2) is 52.5 Å². The van der Waals surface area contributed by atoms with Crippen LogP contribution in [0.5, 0.6) is 0 Å². The van der Waals surface area contributed by atoms with E-state index in [9.17, 15) is 4.79 Å². The first-order chi connectivity index (χ1) is 12.2. The first-order valence-corrected chi connectivity index (χ1v) is 9.60. The monoisotopic (exact) mass is 368 g/mol. The summed E-state index contributed by atoms with van der Waals surface area (Å²) in [4.78, 5) is 20.8. The number of aromatic nitrogens is 2. The molecule has 126 valence electrons. The minimum atomic E-state index is -0.105. The number of hydrogen-bond donors (Lipinski definition) is 2. The van der Waals surface area contributed by atoms with Crippen molar-refractivity contribution in [3.63, 3.8) is 0 Å². The molecule has 3 rings (SSSR count). The zero-order chi connectivity index (χ0) is 17.6. The van der Waals surface area contributed by atoms with E-state index in [1.54, 1.807) is 0 Å². The lowest BCUT2D eigenvalue weighted by atomic mass is 10.2. The molecule has 1 amide bonds. The van der Waals surface area contributed by atoms with Gasteiger partial charge in [-0.3, -0.25) is 4.79 Å². The Kier molecular flexibility index (Phi) is 5.64. The third kappa shape index (κ3) is 4.56. The second-order valence-electron chi connectivity index (χ2n) is 5.34. The lowest BCUT2D eigenvalue weighted by Gasteiger charge is -2.09. The van der Waals surface area contributed by atoms with Gasteiger partial charge >= 0.3 is 0 Å². The van der Waals surface area contributed by atoms with Crippen LogP contribution < -0.4 is 5.32 Å². The van der Waals surface area contributed by atoms with E-state index < -0.39 is 0 Å². The van der Waals surface area contributed by atoms with E-state index in [1.165, 1.54) is 23.5 Å². The Morgan fingerprint density at radius 3 is 2.96 bits per heavy atom. The molecule has 25 heavy (non-hydrogen) atoms. The van der Waals surface area contributed by atoms with Gasteiger partial charge in [-0.1, -0.05) is 30.0 Å². The standard InChI is InChI=1S/C18H16N4OS2/c1-12-6-7-13-15(10-12)22-18(21-13)25-11-17(23)20-14-4-2-3-5-16(14)24-9-8-19/h2-7,10H,9,11H2,1H3,(H,20,23)(H,21,22). The summed E-state index contributed by atoms with van der Waals surface area (Å²) in [6.45, 7) is 2.03. The third-order valence-corrected chi connectivity index (χ3v) is 5.22. The molecular formula is C18H16N4OS2. The highest BCUT2D eigenvalue weighted by atomic mass is 32.2. The van der Waals surface area contributed by atoms with Crippen molar-refractivity contribution in [3.05, 3.63) is 48.0 Å². The summed E-state index contributed by atoms with van der Waals surface area (Å²) in [5.74, 6) is 0.502. The van der Waals surface area contributed by atoms with Crippen LogP contribution >= 0.6 is 23.5 Å². The Morgan fingerprint density at radius 2 is 2.12 bits per heavy atom. The molecule has 3 aromatic rings. The van der Waals surface area contributed by atoms with Crippen LogP contribution in [-0.2, 0) is 4.79 Å². The molecule has 0 aliphatic heterocycles. The number of nitriles is 1. The Morgan fingerprint density at radius 1 is 1.28 bits per heavy atom. The zero-order valence-corrected chi connectivity index (χ0v) is 15.2. The third-order valence-electron chi connectivity index (χ3n) is 3.41. The fourth-order valence-electron chi connectivity index (χ4n) is 2.29. The highest BCUT2D eigenvalue weighted by molar-refractivity contribution is 8.00. The van der Waals surface area contributed by atoms with Gasteiger partial charge in [0.2, 0.25) is 5.91 Å². The highest BCUT2D eigenvalue weighted by Gasteiger charge is 2.10. The largest absolute Gasteiger partial charge is 0.333 e. The number of rotatable bonds is 6. The lowest BCUT2D eigenvalue weighted by Crippen LogP contribution is -2.14. The molecule has 2 aromatic carbocycles. The van der Waals surface area contributed by atoms with Crippen molar-refractivity contribution in [2.24, 2.45) is 0 Å². The number of aromatic amines is 1. The number of H-pyrrole nitrogens is 1. The molecule has 0 saturated carbocycles. The Balaban J connectivity index is 1.62. The number of para-hydroxylation sites is 1. The highest BCUT2D eigenvalue weighted by Crippen LogP contribution is 2.27. The number of amides is 1. The number of anilines is 1. The van der Waals surface area contributed by atoms with Crippen molar-refractivity contribution >= 4 is 46.2 Å². The topological polar surface area (TPSA) is 81.6 Å². The van der Waals surface area contributed by atoms with Crippen molar-refractivity contribution in [1.29, 1.82) is 5.26 Å².